The second-order valence-corrected chi connectivity index (χ2v) is 8.63. The van der Waals surface area contributed by atoms with E-state index in [4.69, 9.17) is 25.7 Å². The summed E-state index contributed by atoms with van der Waals surface area (Å²) in [5.74, 6) is 39.6. The Labute approximate surface area is 241 Å². The van der Waals surface area contributed by atoms with Crippen LogP contribution in [0.1, 0.15) is 28.5 Å². The highest BCUT2D eigenvalue weighted by Crippen LogP contribution is 2.66. The van der Waals surface area contributed by atoms with Crippen molar-refractivity contribution in [2.75, 3.05) is 28.2 Å². The van der Waals surface area contributed by atoms with Gasteiger partial charge in [-0.05, 0) is 47.4 Å². The lowest BCUT2D eigenvalue weighted by Gasteiger charge is -2.40. The topological polar surface area (TPSA) is 13.0 Å². The van der Waals surface area contributed by atoms with Gasteiger partial charge in [0.2, 0.25) is 0 Å². The third-order valence-corrected chi connectivity index (χ3v) is 6.89. The van der Waals surface area contributed by atoms with Crippen LogP contribution in [0.5, 0.6) is 0 Å². The summed E-state index contributed by atoms with van der Waals surface area (Å²) in [5, 5.41) is 0. The first-order valence-electron chi connectivity index (χ1n) is 8.64. The van der Waals surface area contributed by atoms with Gasteiger partial charge in [0, 0.05) is 75.9 Å². The first-order valence-corrected chi connectivity index (χ1v) is 10.2. The van der Waals surface area contributed by atoms with E-state index < -0.39 is 7.87 Å². The van der Waals surface area contributed by atoms with E-state index in [1.54, 1.807) is 46.9 Å². The number of terminal acetylenes is 4. The predicted octanol–water partition coefficient (Wildman–Crippen LogP) is 2.71. The molecule has 0 fully saturated rings. The Hall–Kier alpha value is -5.36. The average Bonchev–Trinajstić information content (AvgIpc) is 2.80. The van der Waals surface area contributed by atoms with Gasteiger partial charge in [0.1, 0.15) is 0 Å². The van der Waals surface area contributed by atoms with E-state index in [9.17, 15) is 0 Å². The summed E-state index contributed by atoms with van der Waals surface area (Å²) >= 11 is 0. The van der Waals surface area contributed by atoms with Crippen LogP contribution in [0.2, 0.25) is 0 Å². The molecule has 0 aromatic heterocycles. The van der Waals surface area contributed by atoms with E-state index in [2.05, 4.69) is 119 Å². The van der Waals surface area contributed by atoms with Gasteiger partial charge in [0.05, 0.1) is 52.4 Å². The van der Waals surface area contributed by atoms with Gasteiger partial charge in [-0.3, -0.25) is 0 Å². The fourth-order valence-electron chi connectivity index (χ4n) is 2.18. The van der Waals surface area contributed by atoms with Gasteiger partial charge >= 0.3 is 7.87 Å². The molecule has 0 aliphatic rings. The van der Waals surface area contributed by atoms with Crippen LogP contribution in [0.3, 0.4) is 0 Å². The largest absolute Gasteiger partial charge is 1.00 e. The van der Waals surface area contributed by atoms with Crippen LogP contribution >= 0.6 is 7.87 Å². The maximum Gasteiger partial charge on any atom is 0.434 e. The zero-order valence-corrected chi connectivity index (χ0v) is 20.6. The maximum atomic E-state index is 5.16. The third-order valence-electron chi connectivity index (χ3n) is 3.27. The van der Waals surface area contributed by atoms with Crippen molar-refractivity contribution in [2.24, 2.45) is 0 Å². The Balaban J connectivity index is -0.0000000244. The summed E-state index contributed by atoms with van der Waals surface area (Å²) < 4.78 is 6.75. The van der Waals surface area contributed by atoms with Crippen LogP contribution in [0.4, 0.5) is 0 Å². The SMILES string of the molecule is C#CC#CC#CN(C)[P+](N(C)C#CC#CC#C)(N(C)C#CC#CC#C)N(C)C#CC#CC#C.[Cl-].[HH].[HH].[HH].[HH].[HH].[HH].[HH].[HH].[HH].[HH].[HH].[HH].[HH].[HH].[HH].[HH].[HH].[HH].[HH].[HH]. The summed E-state index contributed by atoms with van der Waals surface area (Å²) in [5.41, 5.74) is 0. The predicted molar refractivity (Wildman–Crippen MR) is 178 cm³/mol. The molecule has 0 aliphatic carbocycles. The Bertz CT molecular complexity index is 1260. The molecule has 0 rings (SSSR count). The molecule has 6 heteroatoms. The van der Waals surface area contributed by atoms with Crippen molar-refractivity contribution in [1.82, 2.24) is 18.7 Å². The lowest BCUT2D eigenvalue weighted by atomic mass is 10.6. The molecule has 0 atom stereocenters. The van der Waals surface area contributed by atoms with E-state index >= 15 is 0 Å². The number of nitrogens with zero attached hydrogens (tertiary/aromatic N) is 4. The molecule has 34 heavy (non-hydrogen) atoms. The van der Waals surface area contributed by atoms with Crippen molar-refractivity contribution in [3.05, 3.63) is 0 Å². The van der Waals surface area contributed by atoms with Crippen molar-refractivity contribution in [1.29, 1.82) is 0 Å². The molecule has 0 aromatic carbocycles. The Morgan fingerprint density at radius 1 is 0.412 bits per heavy atom. The second-order valence-electron chi connectivity index (χ2n) is 5.16. The molecule has 0 radical (unpaired) electrons. The molecule has 0 unspecified atom stereocenters. The smallest absolute Gasteiger partial charge is 0.434 e. The summed E-state index contributed by atoms with van der Waals surface area (Å²) in [7, 11) is 4.05. The van der Waals surface area contributed by atoms with Crippen LogP contribution < -0.4 is 12.4 Å². The molecule has 0 N–H and O–H groups in total. The van der Waals surface area contributed by atoms with Gasteiger partial charge in [0.15, 0.2) is 0 Å². The minimum atomic E-state index is -2.89. The Kier molecular flexibility index (Phi) is 16.7. The Morgan fingerprint density at radius 3 is 0.794 bits per heavy atom. The molecule has 0 aliphatic heterocycles. The number of halogens is 1. The summed E-state index contributed by atoms with van der Waals surface area (Å²) in [6.07, 6.45) is 20.6. The highest BCUT2D eigenvalue weighted by molar-refractivity contribution is 7.67. The fraction of sp³-hybridized carbons (Fsp3) is 0.143. The van der Waals surface area contributed by atoms with Gasteiger partial charge in [-0.2, -0.15) is 0 Å². The lowest BCUT2D eigenvalue weighted by molar-refractivity contribution is -0.00000672. The number of hydrogen-bond donors (Lipinski definition) is 0. The zero-order valence-electron chi connectivity index (χ0n) is 18.9. The first-order chi connectivity index (χ1) is 15.9. The summed E-state index contributed by atoms with van der Waals surface area (Å²) in [6, 6.07) is 11.7. The van der Waals surface area contributed by atoms with Gasteiger partial charge in [-0.25, -0.2) is 0 Å². The van der Waals surface area contributed by atoms with Crippen molar-refractivity contribution >= 4 is 7.87 Å². The average molecular weight is 515 g/mol. The van der Waals surface area contributed by atoms with Crippen molar-refractivity contribution in [2.45, 2.75) is 0 Å². The standard InChI is InChI=1S/C28H16N4P.ClH.20H2/c1-9-13-17-21-25-29(5)33(30(6)26-22-18-14-10-2,31(7)27-23-19-15-11-3)32(8)28-24-20-16-12-4;;;;;;;;;;;;;;;;;;;;;/h1-4H,5-8H3;21*1H/q+1;;;;;;;;;;;;;;;;;;;;;/p-1. The van der Waals surface area contributed by atoms with Crippen LogP contribution in [-0.2, 0) is 0 Å². The molecule has 0 spiro atoms. The Morgan fingerprint density at radius 2 is 0.618 bits per heavy atom. The van der Waals surface area contributed by atoms with Gasteiger partial charge in [-0.15, -0.1) is 44.4 Å². The number of hydrogen-bond acceptors (Lipinski definition) is 4. The van der Waals surface area contributed by atoms with Crippen molar-refractivity contribution in [3.8, 4) is 145 Å². The van der Waals surface area contributed by atoms with Crippen LogP contribution in [0, 0.1) is 145 Å². The first kappa shape index (κ1) is 30.8. The van der Waals surface area contributed by atoms with Crippen LogP contribution in [0.25, 0.3) is 0 Å². The lowest BCUT2D eigenvalue weighted by Crippen LogP contribution is -3.00. The second kappa shape index (κ2) is 18.4. The summed E-state index contributed by atoms with van der Waals surface area (Å²) in [4.78, 5) is 0. The molecule has 0 aromatic rings. The summed E-state index contributed by atoms with van der Waals surface area (Å²) in [6.45, 7) is 0. The third kappa shape index (κ3) is 9.63. The van der Waals surface area contributed by atoms with Gasteiger partial charge in [0.25, 0.3) is 0 Å². The van der Waals surface area contributed by atoms with Gasteiger partial charge in [-0.1, -0.05) is 0 Å². The zero-order chi connectivity index (χ0) is 25.0. The molecule has 0 saturated heterocycles. The maximum absolute atomic E-state index is 5.16. The van der Waals surface area contributed by atoms with E-state index in [0.717, 1.165) is 0 Å². The van der Waals surface area contributed by atoms with E-state index in [1.807, 2.05) is 0 Å². The fourth-order valence-corrected chi connectivity index (χ4v) is 5.33. The minimum Gasteiger partial charge on any atom is -1.00 e. The molecule has 0 saturated carbocycles. The highest BCUT2D eigenvalue weighted by Gasteiger charge is 2.57. The molecule has 0 amide bonds. The van der Waals surface area contributed by atoms with E-state index in [0.29, 0.717) is 0 Å². The van der Waals surface area contributed by atoms with E-state index in [1.165, 1.54) is 0 Å². The molecule has 0 heterocycles. The quantitative estimate of drug-likeness (QED) is 0.325. The van der Waals surface area contributed by atoms with Crippen molar-refractivity contribution in [3.63, 3.8) is 0 Å². The van der Waals surface area contributed by atoms with Crippen LogP contribution in [-0.4, -0.2) is 46.9 Å². The molecule has 4 nitrogen and oxygen atoms in total. The minimum absolute atomic E-state index is 0. The number of rotatable bonds is 4. The molecular weight excluding hydrogens is 459 g/mol. The van der Waals surface area contributed by atoms with Crippen LogP contribution in [0.15, 0.2) is 0 Å². The monoisotopic (exact) mass is 514 g/mol. The highest BCUT2D eigenvalue weighted by atomic mass is 35.5. The van der Waals surface area contributed by atoms with Crippen molar-refractivity contribution < 1.29 is 40.9 Å². The molecule has 0 bridgehead atoms. The molecule has 200 valence electrons. The van der Waals surface area contributed by atoms with E-state index in [-0.39, 0.29) is 40.9 Å². The molecular formula is C28H56ClN4P. The normalized spacial score (nSPS) is 6.35. The van der Waals surface area contributed by atoms with Gasteiger partial charge < -0.3 is 12.4 Å².